The summed E-state index contributed by atoms with van der Waals surface area (Å²) >= 11 is 1.31. The number of anilines is 1. The van der Waals surface area contributed by atoms with E-state index in [-0.39, 0.29) is 11.7 Å². The van der Waals surface area contributed by atoms with Crippen LogP contribution in [-0.2, 0) is 11.2 Å². The summed E-state index contributed by atoms with van der Waals surface area (Å²) in [6.45, 7) is 2.06. The number of pyridine rings is 1. The quantitative estimate of drug-likeness (QED) is 0.398. The number of thioether (sulfide) groups is 1. The number of aryl methyl sites for hydroxylation is 1. The highest BCUT2D eigenvalue weighted by atomic mass is 32.2. The fourth-order valence-electron chi connectivity index (χ4n) is 3.32. The van der Waals surface area contributed by atoms with E-state index in [1.54, 1.807) is 13.3 Å². The standard InChI is InChI=1S/C24H23N5O2S/c1-3-17-10-4-5-11-18(17)26-22(30)16-32-24-28-27-23(19-12-8-9-15-25-19)29(24)20-13-6-7-14-21(20)31-2/h4-15H,3,16H2,1-2H3,(H,26,30). The molecule has 32 heavy (non-hydrogen) atoms. The molecule has 0 bridgehead atoms. The number of methoxy groups -OCH3 is 1. The van der Waals surface area contributed by atoms with Crippen LogP contribution in [0.2, 0.25) is 0 Å². The Bertz CT molecular complexity index is 1210. The summed E-state index contributed by atoms with van der Waals surface area (Å²) in [5, 5.41) is 12.3. The number of nitrogens with one attached hydrogen (secondary N) is 1. The van der Waals surface area contributed by atoms with Gasteiger partial charge in [0.1, 0.15) is 11.4 Å². The molecule has 0 spiro atoms. The summed E-state index contributed by atoms with van der Waals surface area (Å²) in [7, 11) is 1.62. The molecule has 0 radical (unpaired) electrons. The number of aromatic nitrogens is 4. The largest absolute Gasteiger partial charge is 0.495 e. The van der Waals surface area contributed by atoms with Crippen molar-refractivity contribution in [3.8, 4) is 23.0 Å². The highest BCUT2D eigenvalue weighted by molar-refractivity contribution is 7.99. The van der Waals surface area contributed by atoms with Crippen LogP contribution in [0.4, 0.5) is 5.69 Å². The molecule has 1 amide bonds. The number of carbonyl (C=O) groups is 1. The summed E-state index contributed by atoms with van der Waals surface area (Å²) in [4.78, 5) is 17.1. The van der Waals surface area contributed by atoms with Gasteiger partial charge in [0, 0.05) is 11.9 Å². The maximum atomic E-state index is 12.7. The average molecular weight is 446 g/mol. The van der Waals surface area contributed by atoms with Crippen molar-refractivity contribution in [2.75, 3.05) is 18.2 Å². The molecule has 0 atom stereocenters. The van der Waals surface area contributed by atoms with Gasteiger partial charge >= 0.3 is 0 Å². The monoisotopic (exact) mass is 445 g/mol. The molecule has 0 fully saturated rings. The van der Waals surface area contributed by atoms with Gasteiger partial charge in [-0.25, -0.2) is 0 Å². The number of amides is 1. The zero-order valence-electron chi connectivity index (χ0n) is 17.9. The molecular formula is C24H23N5O2S. The van der Waals surface area contributed by atoms with E-state index in [0.717, 1.165) is 23.4 Å². The zero-order valence-corrected chi connectivity index (χ0v) is 18.7. The maximum Gasteiger partial charge on any atom is 0.234 e. The van der Waals surface area contributed by atoms with Crippen LogP contribution < -0.4 is 10.1 Å². The van der Waals surface area contributed by atoms with Crippen LogP contribution >= 0.6 is 11.8 Å². The van der Waals surface area contributed by atoms with E-state index in [9.17, 15) is 4.79 Å². The number of para-hydroxylation sites is 3. The smallest absolute Gasteiger partial charge is 0.234 e. The second-order valence-corrected chi connectivity index (χ2v) is 7.82. The van der Waals surface area contributed by atoms with Gasteiger partial charge in [0.15, 0.2) is 11.0 Å². The van der Waals surface area contributed by atoms with Gasteiger partial charge < -0.3 is 10.1 Å². The summed E-state index contributed by atoms with van der Waals surface area (Å²) in [5.74, 6) is 1.33. The number of nitrogens with zero attached hydrogens (tertiary/aromatic N) is 4. The Kier molecular flexibility index (Phi) is 6.81. The molecule has 0 saturated heterocycles. The van der Waals surface area contributed by atoms with Crippen LogP contribution in [0.25, 0.3) is 17.2 Å². The number of rotatable bonds is 8. The third-order valence-corrected chi connectivity index (χ3v) is 5.79. The van der Waals surface area contributed by atoms with Gasteiger partial charge in [-0.1, -0.05) is 55.1 Å². The second-order valence-electron chi connectivity index (χ2n) is 6.88. The van der Waals surface area contributed by atoms with E-state index in [2.05, 4.69) is 27.4 Å². The number of carbonyl (C=O) groups excluding carboxylic acids is 1. The second kappa shape index (κ2) is 10.1. The summed E-state index contributed by atoms with van der Waals surface area (Å²) in [6, 6.07) is 21.1. The molecule has 4 aromatic rings. The molecule has 2 heterocycles. The van der Waals surface area contributed by atoms with Gasteiger partial charge in [-0.15, -0.1) is 10.2 Å². The average Bonchev–Trinajstić information content (AvgIpc) is 3.27. The molecule has 2 aromatic carbocycles. The highest BCUT2D eigenvalue weighted by Gasteiger charge is 2.20. The van der Waals surface area contributed by atoms with Crippen LogP contribution in [0, 0.1) is 0 Å². The molecule has 0 aliphatic carbocycles. The molecule has 0 unspecified atom stereocenters. The first-order valence-corrected chi connectivity index (χ1v) is 11.2. The molecule has 0 saturated carbocycles. The van der Waals surface area contributed by atoms with Crippen LogP contribution in [0.15, 0.2) is 78.1 Å². The van der Waals surface area contributed by atoms with Crippen molar-refractivity contribution in [1.82, 2.24) is 19.7 Å². The molecule has 2 aromatic heterocycles. The van der Waals surface area contributed by atoms with E-state index in [1.165, 1.54) is 11.8 Å². The molecular weight excluding hydrogens is 422 g/mol. The van der Waals surface area contributed by atoms with Crippen molar-refractivity contribution in [1.29, 1.82) is 0 Å². The third-order valence-electron chi connectivity index (χ3n) is 4.86. The molecule has 162 valence electrons. The fourth-order valence-corrected chi connectivity index (χ4v) is 4.07. The summed E-state index contributed by atoms with van der Waals surface area (Å²) < 4.78 is 7.43. The number of hydrogen-bond acceptors (Lipinski definition) is 6. The Morgan fingerprint density at radius 3 is 2.59 bits per heavy atom. The lowest BCUT2D eigenvalue weighted by Gasteiger charge is -2.13. The normalized spacial score (nSPS) is 10.7. The minimum Gasteiger partial charge on any atom is -0.495 e. The van der Waals surface area contributed by atoms with Gasteiger partial charge in [0.2, 0.25) is 5.91 Å². The van der Waals surface area contributed by atoms with E-state index in [1.807, 2.05) is 71.3 Å². The van der Waals surface area contributed by atoms with Gasteiger partial charge in [-0.2, -0.15) is 0 Å². The van der Waals surface area contributed by atoms with Crippen LogP contribution in [0.3, 0.4) is 0 Å². The van der Waals surface area contributed by atoms with Gasteiger partial charge in [0.05, 0.1) is 18.6 Å². The van der Waals surface area contributed by atoms with Crippen molar-refractivity contribution >= 4 is 23.4 Å². The molecule has 0 aliphatic heterocycles. The van der Waals surface area contributed by atoms with E-state index < -0.39 is 0 Å². The Morgan fingerprint density at radius 2 is 1.81 bits per heavy atom. The summed E-state index contributed by atoms with van der Waals surface area (Å²) in [5.41, 5.74) is 3.39. The first-order valence-electron chi connectivity index (χ1n) is 10.2. The predicted molar refractivity (Wildman–Crippen MR) is 126 cm³/mol. The first kappa shape index (κ1) is 21.6. The number of hydrogen-bond donors (Lipinski definition) is 1. The van der Waals surface area contributed by atoms with Crippen LogP contribution in [0.5, 0.6) is 5.75 Å². The lowest BCUT2D eigenvalue weighted by atomic mass is 10.1. The number of ether oxygens (including phenoxy) is 1. The minimum atomic E-state index is -0.107. The predicted octanol–water partition coefficient (Wildman–Crippen LogP) is 4.63. The van der Waals surface area contributed by atoms with Crippen molar-refractivity contribution in [2.45, 2.75) is 18.5 Å². The van der Waals surface area contributed by atoms with Crippen molar-refractivity contribution in [3.63, 3.8) is 0 Å². The fraction of sp³-hybridized carbons (Fsp3) is 0.167. The van der Waals surface area contributed by atoms with E-state index in [0.29, 0.717) is 22.4 Å². The van der Waals surface area contributed by atoms with Gasteiger partial charge in [-0.05, 0) is 42.3 Å². The van der Waals surface area contributed by atoms with Crippen molar-refractivity contribution in [2.24, 2.45) is 0 Å². The molecule has 4 rings (SSSR count). The molecule has 8 heteroatoms. The van der Waals surface area contributed by atoms with Crippen LogP contribution in [-0.4, -0.2) is 38.5 Å². The Balaban J connectivity index is 1.63. The molecule has 7 nitrogen and oxygen atoms in total. The van der Waals surface area contributed by atoms with Gasteiger partial charge in [0.25, 0.3) is 0 Å². The van der Waals surface area contributed by atoms with Crippen molar-refractivity contribution < 1.29 is 9.53 Å². The Labute approximate surface area is 190 Å². The van der Waals surface area contributed by atoms with Crippen LogP contribution in [0.1, 0.15) is 12.5 Å². The molecule has 0 aliphatic rings. The topological polar surface area (TPSA) is 81.9 Å². The maximum absolute atomic E-state index is 12.7. The molecule has 1 N–H and O–H groups in total. The highest BCUT2D eigenvalue weighted by Crippen LogP contribution is 2.32. The Morgan fingerprint density at radius 1 is 1.03 bits per heavy atom. The zero-order chi connectivity index (χ0) is 22.3. The number of benzene rings is 2. The lowest BCUT2D eigenvalue weighted by molar-refractivity contribution is -0.113. The van der Waals surface area contributed by atoms with Gasteiger partial charge in [-0.3, -0.25) is 14.3 Å². The van der Waals surface area contributed by atoms with E-state index in [4.69, 9.17) is 4.74 Å². The minimum absolute atomic E-state index is 0.107. The Hall–Kier alpha value is -3.65. The SMILES string of the molecule is CCc1ccccc1NC(=O)CSc1nnc(-c2ccccn2)n1-c1ccccc1OC. The first-order chi connectivity index (χ1) is 15.7. The van der Waals surface area contributed by atoms with Crippen molar-refractivity contribution in [3.05, 3.63) is 78.5 Å². The lowest BCUT2D eigenvalue weighted by Crippen LogP contribution is -2.15. The third kappa shape index (κ3) is 4.65. The summed E-state index contributed by atoms with van der Waals surface area (Å²) in [6.07, 6.45) is 2.56. The van der Waals surface area contributed by atoms with E-state index >= 15 is 0 Å².